The second-order valence-electron chi connectivity index (χ2n) is 6.52. The van der Waals surface area contributed by atoms with E-state index in [1.165, 1.54) is 5.56 Å². The molecule has 1 amide bonds. The number of hydrogen-bond donors (Lipinski definition) is 1. The number of fused-ring (bicyclic) bond motifs is 1. The third-order valence-electron chi connectivity index (χ3n) is 4.76. The van der Waals surface area contributed by atoms with Crippen LogP contribution in [-0.4, -0.2) is 20.1 Å². The van der Waals surface area contributed by atoms with Crippen LogP contribution >= 0.6 is 0 Å². The number of aryl methyl sites for hydroxylation is 1. The molecule has 3 aromatic rings. The van der Waals surface area contributed by atoms with Gasteiger partial charge in [-0.1, -0.05) is 19.1 Å². The summed E-state index contributed by atoms with van der Waals surface area (Å²) in [4.78, 5) is 12.6. The van der Waals surface area contributed by atoms with E-state index < -0.39 is 0 Å². The Hall–Kier alpha value is -2.95. The number of carbonyl (C=O) groups is 1. The summed E-state index contributed by atoms with van der Waals surface area (Å²) in [7, 11) is 3.23. The first kappa shape index (κ1) is 18.8. The molecule has 0 spiro atoms. The molecule has 0 saturated heterocycles. The highest BCUT2D eigenvalue weighted by Crippen LogP contribution is 2.29. The largest absolute Gasteiger partial charge is 0.497 e. The van der Waals surface area contributed by atoms with Gasteiger partial charge in [0.2, 0.25) is 5.91 Å². The average molecular weight is 367 g/mol. The summed E-state index contributed by atoms with van der Waals surface area (Å²) in [5.41, 5.74) is 3.79. The van der Waals surface area contributed by atoms with Crippen molar-refractivity contribution in [3.05, 3.63) is 59.4 Å². The van der Waals surface area contributed by atoms with Gasteiger partial charge in [-0.3, -0.25) is 4.79 Å². The lowest BCUT2D eigenvalue weighted by molar-refractivity contribution is -0.121. The lowest BCUT2D eigenvalue weighted by Crippen LogP contribution is -2.28. The maximum Gasteiger partial charge on any atom is 0.225 e. The van der Waals surface area contributed by atoms with Gasteiger partial charge in [0.05, 0.1) is 32.9 Å². The van der Waals surface area contributed by atoms with Crippen molar-refractivity contribution in [2.45, 2.75) is 32.7 Å². The zero-order valence-electron chi connectivity index (χ0n) is 16.2. The van der Waals surface area contributed by atoms with Crippen molar-refractivity contribution in [3.63, 3.8) is 0 Å². The molecule has 5 heteroatoms. The molecule has 1 atom stereocenters. The summed E-state index contributed by atoms with van der Waals surface area (Å²) < 4.78 is 16.3. The Labute approximate surface area is 159 Å². The number of hydrogen-bond acceptors (Lipinski definition) is 4. The highest BCUT2D eigenvalue weighted by Gasteiger charge is 2.17. The van der Waals surface area contributed by atoms with Crippen LogP contribution in [0.2, 0.25) is 0 Å². The van der Waals surface area contributed by atoms with Crippen molar-refractivity contribution < 1.29 is 18.7 Å². The van der Waals surface area contributed by atoms with Crippen molar-refractivity contribution in [2.75, 3.05) is 14.2 Å². The smallest absolute Gasteiger partial charge is 0.225 e. The number of methoxy groups -OCH3 is 2. The predicted molar refractivity (Wildman–Crippen MR) is 105 cm³/mol. The SMILES string of the molecule is CCc1ccc2c(CC(=O)N[C@@H](C)c3cc(OC)ccc3OC)coc2c1. The standard InChI is InChI=1S/C22H25NO4/c1-5-15-6-8-18-16(13-27-21(18)10-15)11-22(24)23-14(2)19-12-17(25-3)7-9-20(19)26-4/h6-10,12-14H,5,11H2,1-4H3,(H,23,24)/t14-/m0/s1. The summed E-state index contributed by atoms with van der Waals surface area (Å²) in [5, 5.41) is 4.01. The Kier molecular flexibility index (Phi) is 5.69. The van der Waals surface area contributed by atoms with E-state index in [1.54, 1.807) is 20.5 Å². The van der Waals surface area contributed by atoms with Crippen molar-refractivity contribution in [1.82, 2.24) is 5.32 Å². The Bertz CT molecular complexity index is 945. The number of carbonyl (C=O) groups excluding carboxylic acids is 1. The molecule has 0 radical (unpaired) electrons. The predicted octanol–water partition coefficient (Wildman–Crippen LogP) is 4.43. The van der Waals surface area contributed by atoms with E-state index >= 15 is 0 Å². The number of ether oxygens (including phenoxy) is 2. The molecule has 1 heterocycles. The first-order chi connectivity index (χ1) is 13.0. The van der Waals surface area contributed by atoms with Crippen LogP contribution in [0.25, 0.3) is 11.0 Å². The van der Waals surface area contributed by atoms with E-state index in [-0.39, 0.29) is 18.4 Å². The summed E-state index contributed by atoms with van der Waals surface area (Å²) in [6.45, 7) is 4.03. The normalized spacial score (nSPS) is 12.0. The molecule has 0 saturated carbocycles. The molecule has 0 aliphatic rings. The minimum atomic E-state index is -0.215. The Morgan fingerprint density at radius 3 is 2.67 bits per heavy atom. The molecular formula is C22H25NO4. The van der Waals surface area contributed by atoms with Crippen molar-refractivity contribution >= 4 is 16.9 Å². The summed E-state index contributed by atoms with van der Waals surface area (Å²) >= 11 is 0. The van der Waals surface area contributed by atoms with Crippen molar-refractivity contribution in [1.29, 1.82) is 0 Å². The third-order valence-corrected chi connectivity index (χ3v) is 4.76. The van der Waals surface area contributed by atoms with Gasteiger partial charge in [-0.05, 0) is 43.2 Å². The fourth-order valence-electron chi connectivity index (χ4n) is 3.21. The van der Waals surface area contributed by atoms with Gasteiger partial charge < -0.3 is 19.2 Å². The third kappa shape index (κ3) is 4.08. The van der Waals surface area contributed by atoms with Gasteiger partial charge in [0.1, 0.15) is 17.1 Å². The zero-order valence-corrected chi connectivity index (χ0v) is 16.2. The minimum absolute atomic E-state index is 0.0744. The van der Waals surface area contributed by atoms with Crippen LogP contribution in [0.5, 0.6) is 11.5 Å². The fraction of sp³-hybridized carbons (Fsp3) is 0.318. The molecule has 2 aromatic carbocycles. The van der Waals surface area contributed by atoms with Gasteiger partial charge in [0.25, 0.3) is 0 Å². The molecule has 27 heavy (non-hydrogen) atoms. The van der Waals surface area contributed by atoms with Gasteiger partial charge in [-0.2, -0.15) is 0 Å². The maximum absolute atomic E-state index is 12.6. The second-order valence-corrected chi connectivity index (χ2v) is 6.52. The fourth-order valence-corrected chi connectivity index (χ4v) is 3.21. The number of nitrogens with one attached hydrogen (secondary N) is 1. The van der Waals surface area contributed by atoms with E-state index in [0.29, 0.717) is 5.75 Å². The Balaban J connectivity index is 1.74. The lowest BCUT2D eigenvalue weighted by atomic mass is 10.0. The Morgan fingerprint density at radius 2 is 1.96 bits per heavy atom. The average Bonchev–Trinajstić information content (AvgIpc) is 3.08. The van der Waals surface area contributed by atoms with Crippen LogP contribution < -0.4 is 14.8 Å². The first-order valence-electron chi connectivity index (χ1n) is 9.06. The number of amides is 1. The topological polar surface area (TPSA) is 60.7 Å². The first-order valence-corrected chi connectivity index (χ1v) is 9.06. The molecule has 1 N–H and O–H groups in total. The molecule has 0 aliphatic carbocycles. The molecule has 5 nitrogen and oxygen atoms in total. The van der Waals surface area contributed by atoms with Crippen molar-refractivity contribution in [2.24, 2.45) is 0 Å². The van der Waals surface area contributed by atoms with Crippen LogP contribution in [0, 0.1) is 0 Å². The molecule has 1 aromatic heterocycles. The van der Waals surface area contributed by atoms with E-state index in [0.717, 1.165) is 34.3 Å². The van der Waals surface area contributed by atoms with Crippen LogP contribution in [0.3, 0.4) is 0 Å². The van der Waals surface area contributed by atoms with Crippen LogP contribution in [0.4, 0.5) is 0 Å². The summed E-state index contributed by atoms with van der Waals surface area (Å²) in [6.07, 6.45) is 2.88. The summed E-state index contributed by atoms with van der Waals surface area (Å²) in [6, 6.07) is 11.5. The van der Waals surface area contributed by atoms with E-state index in [4.69, 9.17) is 13.9 Å². The number of furan rings is 1. The van der Waals surface area contributed by atoms with E-state index in [1.807, 2.05) is 37.3 Å². The maximum atomic E-state index is 12.6. The van der Waals surface area contributed by atoms with Gasteiger partial charge in [0, 0.05) is 16.5 Å². The molecule has 0 fully saturated rings. The van der Waals surface area contributed by atoms with Gasteiger partial charge in [0.15, 0.2) is 0 Å². The van der Waals surface area contributed by atoms with Gasteiger partial charge in [-0.25, -0.2) is 0 Å². The van der Waals surface area contributed by atoms with Crippen LogP contribution in [0.15, 0.2) is 47.1 Å². The lowest BCUT2D eigenvalue weighted by Gasteiger charge is -2.18. The molecule has 0 bridgehead atoms. The molecule has 3 rings (SSSR count). The highest BCUT2D eigenvalue weighted by molar-refractivity contribution is 5.88. The zero-order chi connectivity index (χ0) is 19.4. The van der Waals surface area contributed by atoms with Gasteiger partial charge in [-0.15, -0.1) is 0 Å². The molecular weight excluding hydrogens is 342 g/mol. The van der Waals surface area contributed by atoms with Crippen LogP contribution in [0.1, 0.15) is 36.6 Å². The van der Waals surface area contributed by atoms with Crippen molar-refractivity contribution in [3.8, 4) is 11.5 Å². The monoisotopic (exact) mass is 367 g/mol. The Morgan fingerprint density at radius 1 is 1.15 bits per heavy atom. The minimum Gasteiger partial charge on any atom is -0.497 e. The highest BCUT2D eigenvalue weighted by atomic mass is 16.5. The quantitative estimate of drug-likeness (QED) is 0.671. The molecule has 0 unspecified atom stereocenters. The van der Waals surface area contributed by atoms with Crippen LogP contribution in [-0.2, 0) is 17.6 Å². The van der Waals surface area contributed by atoms with E-state index in [9.17, 15) is 4.79 Å². The number of rotatable bonds is 7. The second kappa shape index (κ2) is 8.16. The molecule has 142 valence electrons. The van der Waals surface area contributed by atoms with E-state index in [2.05, 4.69) is 18.3 Å². The van der Waals surface area contributed by atoms with Gasteiger partial charge >= 0.3 is 0 Å². The summed E-state index contributed by atoms with van der Waals surface area (Å²) in [5.74, 6) is 1.36. The molecule has 0 aliphatic heterocycles. The number of benzene rings is 2.